The highest BCUT2D eigenvalue weighted by Gasteiger charge is 2.29. The molecule has 1 fully saturated rings. The predicted molar refractivity (Wildman–Crippen MR) is 85.7 cm³/mol. The molecule has 0 radical (unpaired) electrons. The van der Waals surface area contributed by atoms with Gasteiger partial charge in [0.1, 0.15) is 0 Å². The lowest BCUT2D eigenvalue weighted by atomic mass is 9.88. The van der Waals surface area contributed by atoms with Crippen LogP contribution in [0.4, 0.5) is 0 Å². The van der Waals surface area contributed by atoms with E-state index in [2.05, 4.69) is 37.9 Å². The van der Waals surface area contributed by atoms with Crippen molar-refractivity contribution in [3.8, 4) is 0 Å². The van der Waals surface area contributed by atoms with Crippen molar-refractivity contribution in [1.29, 1.82) is 0 Å². The van der Waals surface area contributed by atoms with Crippen molar-refractivity contribution in [2.24, 2.45) is 5.92 Å². The Kier molecular flexibility index (Phi) is 8.72. The van der Waals surface area contributed by atoms with Crippen LogP contribution < -0.4 is 5.32 Å². The van der Waals surface area contributed by atoms with E-state index in [1.54, 1.807) is 0 Å². The number of hydrogen-bond acceptors (Lipinski definition) is 2. The van der Waals surface area contributed by atoms with Crippen molar-refractivity contribution in [2.45, 2.75) is 84.7 Å². The maximum atomic E-state index is 3.80. The van der Waals surface area contributed by atoms with Crippen LogP contribution >= 0.6 is 0 Å². The lowest BCUT2D eigenvalue weighted by Crippen LogP contribution is -2.53. The standard InChI is InChI=1S/C17H36N2/c1-5-13-18-16-11-9-10-12-17(16)19(8-4)14-15(6-2)7-3/h15-18H,5-14H2,1-4H3. The summed E-state index contributed by atoms with van der Waals surface area (Å²) in [4.78, 5) is 2.77. The molecule has 2 unspecified atom stereocenters. The fourth-order valence-electron chi connectivity index (χ4n) is 3.49. The molecule has 0 heterocycles. The van der Waals surface area contributed by atoms with Crippen LogP contribution in [0.3, 0.4) is 0 Å². The molecule has 0 aromatic heterocycles. The second kappa shape index (κ2) is 9.77. The van der Waals surface area contributed by atoms with Gasteiger partial charge in [-0.25, -0.2) is 0 Å². The summed E-state index contributed by atoms with van der Waals surface area (Å²) in [6.07, 6.45) is 9.52. The van der Waals surface area contributed by atoms with E-state index in [9.17, 15) is 0 Å². The number of likely N-dealkylation sites (N-methyl/N-ethyl adjacent to an activating group) is 1. The van der Waals surface area contributed by atoms with Crippen LogP contribution in [-0.2, 0) is 0 Å². The van der Waals surface area contributed by atoms with E-state index >= 15 is 0 Å². The molecule has 1 aliphatic rings. The van der Waals surface area contributed by atoms with Gasteiger partial charge < -0.3 is 5.32 Å². The molecule has 0 aromatic carbocycles. The second-order valence-corrected chi connectivity index (χ2v) is 6.18. The predicted octanol–water partition coefficient (Wildman–Crippen LogP) is 4.06. The molecule has 0 saturated heterocycles. The monoisotopic (exact) mass is 268 g/mol. The Bertz CT molecular complexity index is 213. The maximum absolute atomic E-state index is 3.80. The minimum Gasteiger partial charge on any atom is -0.312 e. The molecule has 2 atom stereocenters. The third-order valence-electron chi connectivity index (χ3n) is 4.91. The molecule has 19 heavy (non-hydrogen) atoms. The van der Waals surface area contributed by atoms with E-state index in [0.717, 1.165) is 18.0 Å². The molecule has 1 rings (SSSR count). The zero-order valence-corrected chi connectivity index (χ0v) is 13.8. The van der Waals surface area contributed by atoms with Gasteiger partial charge in [0, 0.05) is 18.6 Å². The molecule has 0 spiro atoms. The Labute approximate surface area is 121 Å². The summed E-state index contributed by atoms with van der Waals surface area (Å²) in [6.45, 7) is 13.0. The lowest BCUT2D eigenvalue weighted by Gasteiger charge is -2.41. The van der Waals surface area contributed by atoms with E-state index in [-0.39, 0.29) is 0 Å². The third-order valence-corrected chi connectivity index (χ3v) is 4.91. The van der Waals surface area contributed by atoms with Crippen LogP contribution in [0.5, 0.6) is 0 Å². The van der Waals surface area contributed by atoms with Gasteiger partial charge in [-0.1, -0.05) is 53.4 Å². The highest BCUT2D eigenvalue weighted by molar-refractivity contribution is 4.88. The van der Waals surface area contributed by atoms with Crippen molar-refractivity contribution in [2.75, 3.05) is 19.6 Å². The van der Waals surface area contributed by atoms with Gasteiger partial charge >= 0.3 is 0 Å². The smallest absolute Gasteiger partial charge is 0.0249 e. The molecule has 1 N–H and O–H groups in total. The summed E-state index contributed by atoms with van der Waals surface area (Å²) in [5.41, 5.74) is 0. The molecule has 0 aromatic rings. The first-order valence-corrected chi connectivity index (χ1v) is 8.74. The fraction of sp³-hybridized carbons (Fsp3) is 1.00. The Morgan fingerprint density at radius 1 is 1.05 bits per heavy atom. The molecular weight excluding hydrogens is 232 g/mol. The highest BCUT2D eigenvalue weighted by atomic mass is 15.2. The van der Waals surface area contributed by atoms with E-state index in [1.165, 1.54) is 64.6 Å². The molecule has 1 aliphatic carbocycles. The van der Waals surface area contributed by atoms with Crippen molar-refractivity contribution in [1.82, 2.24) is 10.2 Å². The Balaban J connectivity index is 2.58. The van der Waals surface area contributed by atoms with Gasteiger partial charge in [-0.2, -0.15) is 0 Å². The van der Waals surface area contributed by atoms with Crippen LogP contribution in [0, 0.1) is 5.92 Å². The zero-order chi connectivity index (χ0) is 14.1. The fourth-order valence-corrected chi connectivity index (χ4v) is 3.49. The summed E-state index contributed by atoms with van der Waals surface area (Å²) >= 11 is 0. The van der Waals surface area contributed by atoms with E-state index in [4.69, 9.17) is 0 Å². The summed E-state index contributed by atoms with van der Waals surface area (Å²) in [6, 6.07) is 1.52. The van der Waals surface area contributed by atoms with Crippen molar-refractivity contribution >= 4 is 0 Å². The van der Waals surface area contributed by atoms with Gasteiger partial charge in [-0.15, -0.1) is 0 Å². The van der Waals surface area contributed by atoms with Gasteiger partial charge in [0.05, 0.1) is 0 Å². The Hall–Kier alpha value is -0.0800. The van der Waals surface area contributed by atoms with E-state index < -0.39 is 0 Å². The average Bonchev–Trinajstić information content (AvgIpc) is 2.47. The van der Waals surface area contributed by atoms with Crippen LogP contribution in [-0.4, -0.2) is 36.6 Å². The van der Waals surface area contributed by atoms with Crippen LogP contribution in [0.15, 0.2) is 0 Å². The lowest BCUT2D eigenvalue weighted by molar-refractivity contribution is 0.107. The molecule has 2 heteroatoms. The number of hydrogen-bond donors (Lipinski definition) is 1. The summed E-state index contributed by atoms with van der Waals surface area (Å²) < 4.78 is 0. The minimum absolute atomic E-state index is 0.739. The quantitative estimate of drug-likeness (QED) is 0.678. The average molecular weight is 268 g/mol. The number of rotatable bonds is 9. The number of nitrogens with zero attached hydrogens (tertiary/aromatic N) is 1. The first-order valence-electron chi connectivity index (χ1n) is 8.74. The first-order chi connectivity index (χ1) is 9.26. The van der Waals surface area contributed by atoms with Gasteiger partial charge in [0.25, 0.3) is 0 Å². The molecule has 0 amide bonds. The van der Waals surface area contributed by atoms with Crippen molar-refractivity contribution in [3.05, 3.63) is 0 Å². The van der Waals surface area contributed by atoms with Gasteiger partial charge in [0.15, 0.2) is 0 Å². The maximum Gasteiger partial charge on any atom is 0.0249 e. The second-order valence-electron chi connectivity index (χ2n) is 6.18. The van der Waals surface area contributed by atoms with Gasteiger partial charge in [-0.05, 0) is 38.3 Å². The summed E-state index contributed by atoms with van der Waals surface area (Å²) in [5, 5.41) is 3.80. The highest BCUT2D eigenvalue weighted by Crippen LogP contribution is 2.25. The van der Waals surface area contributed by atoms with Crippen LogP contribution in [0.1, 0.15) is 72.6 Å². The number of nitrogens with one attached hydrogen (secondary N) is 1. The van der Waals surface area contributed by atoms with Crippen LogP contribution in [0.2, 0.25) is 0 Å². The minimum atomic E-state index is 0.739. The third kappa shape index (κ3) is 5.43. The van der Waals surface area contributed by atoms with E-state index in [0.29, 0.717) is 0 Å². The van der Waals surface area contributed by atoms with Gasteiger partial charge in [-0.3, -0.25) is 4.90 Å². The van der Waals surface area contributed by atoms with Gasteiger partial charge in [0.2, 0.25) is 0 Å². The first kappa shape index (κ1) is 17.0. The topological polar surface area (TPSA) is 15.3 Å². The Morgan fingerprint density at radius 3 is 2.32 bits per heavy atom. The molecule has 1 saturated carbocycles. The zero-order valence-electron chi connectivity index (χ0n) is 13.8. The molecule has 2 nitrogen and oxygen atoms in total. The summed E-state index contributed by atoms with van der Waals surface area (Å²) in [7, 11) is 0. The molecule has 0 aliphatic heterocycles. The molecular formula is C17H36N2. The molecule has 114 valence electrons. The van der Waals surface area contributed by atoms with Crippen molar-refractivity contribution in [3.63, 3.8) is 0 Å². The van der Waals surface area contributed by atoms with Crippen molar-refractivity contribution < 1.29 is 0 Å². The Morgan fingerprint density at radius 2 is 1.74 bits per heavy atom. The SMILES string of the molecule is CCCNC1CCCCC1N(CC)CC(CC)CC. The van der Waals surface area contributed by atoms with E-state index in [1.807, 2.05) is 0 Å². The summed E-state index contributed by atoms with van der Waals surface area (Å²) in [5.74, 6) is 0.883. The normalized spacial score (nSPS) is 24.3. The van der Waals surface area contributed by atoms with Crippen LogP contribution in [0.25, 0.3) is 0 Å². The largest absolute Gasteiger partial charge is 0.312 e. The molecule has 0 bridgehead atoms.